The average Bonchev–Trinajstić information content (AvgIpc) is 3.76. The van der Waals surface area contributed by atoms with Gasteiger partial charge in [0.05, 0.1) is 56.0 Å². The SMILES string of the molecule is COC(=O)N[C@H](C(=O)[C@@]12C[C@H]1C[C@@H](c1ncc(C#Cc3ccc4cc(-c5cnc([C@@H]6C[C@H]7C[C@H]7N6C(=O)[C@@H](NC(=O)OC)C6CCOCC6)[nH]5)ccc4c3)[nH]1)N2)C(C)C. The van der Waals surface area contributed by atoms with Crippen LogP contribution in [0, 0.1) is 35.5 Å². The van der Waals surface area contributed by atoms with Gasteiger partial charge in [-0.3, -0.25) is 14.9 Å². The summed E-state index contributed by atoms with van der Waals surface area (Å²) in [4.78, 5) is 70.3. The van der Waals surface area contributed by atoms with Crippen LogP contribution in [-0.4, -0.2) is 99.8 Å². The topological polar surface area (TPSA) is 193 Å². The molecule has 0 unspecified atom stereocenters. The summed E-state index contributed by atoms with van der Waals surface area (Å²) in [6, 6.07) is 10.9. The molecule has 15 heteroatoms. The standard InChI is InChI=1S/C44H50N8O7/c1-23(2)36(49-42(55)57-3)38(53)44-20-30(44)19-32(51-44)39-45-21-31(47-39)10-6-24-5-7-27-16-28(9-8-26(27)15-24)33-22-46-40(48-33)35-18-29-17-34(29)52(35)41(54)37(50-43(56)58-4)25-11-13-59-14-12-25/h5,7-9,15-16,21-23,25,29-30,32,34-37,51H,11-14,17-20H2,1-4H3,(H,45,47)(H,46,48)(H,49,55)(H,50,56)/t29-,30-,32+,34-,35+,36+,37+,44-/m1/s1. The molecule has 8 atom stereocenters. The van der Waals surface area contributed by atoms with Crippen LogP contribution in [0.15, 0.2) is 48.8 Å². The Morgan fingerprint density at radius 3 is 2.42 bits per heavy atom. The van der Waals surface area contributed by atoms with Crippen LogP contribution in [0.5, 0.6) is 0 Å². The van der Waals surface area contributed by atoms with Crippen molar-refractivity contribution in [1.29, 1.82) is 0 Å². The molecule has 0 spiro atoms. The minimum absolute atomic E-state index is 0.0122. The minimum Gasteiger partial charge on any atom is -0.453 e. The number of aromatic nitrogens is 4. The van der Waals surface area contributed by atoms with Crippen LogP contribution in [-0.2, 0) is 23.8 Å². The summed E-state index contributed by atoms with van der Waals surface area (Å²) >= 11 is 0. The van der Waals surface area contributed by atoms with Gasteiger partial charge in [-0.2, -0.15) is 0 Å². The lowest BCUT2D eigenvalue weighted by molar-refractivity contribution is -0.138. The highest BCUT2D eigenvalue weighted by Gasteiger charge is 2.66. The van der Waals surface area contributed by atoms with E-state index in [2.05, 4.69) is 73.1 Å². The number of aromatic amines is 2. The van der Waals surface area contributed by atoms with E-state index in [0.29, 0.717) is 37.7 Å². The molecule has 3 amide bonds. The summed E-state index contributed by atoms with van der Waals surface area (Å²) in [7, 11) is 2.61. The number of amides is 3. The van der Waals surface area contributed by atoms with Gasteiger partial charge in [0, 0.05) is 30.4 Å². The number of ether oxygens (including phenoxy) is 3. The monoisotopic (exact) mass is 802 g/mol. The number of piperidine rings is 2. The molecule has 2 aliphatic carbocycles. The Kier molecular flexibility index (Phi) is 10.2. The molecule has 5 aliphatic rings. The molecule has 3 saturated heterocycles. The van der Waals surface area contributed by atoms with E-state index in [0.717, 1.165) is 64.9 Å². The second-order valence-corrected chi connectivity index (χ2v) is 17.0. The van der Waals surface area contributed by atoms with E-state index < -0.39 is 29.8 Å². The molecule has 308 valence electrons. The van der Waals surface area contributed by atoms with Crippen molar-refractivity contribution in [2.45, 2.75) is 88.1 Å². The summed E-state index contributed by atoms with van der Waals surface area (Å²) in [6.07, 6.45) is 7.05. The van der Waals surface area contributed by atoms with Crippen molar-refractivity contribution < 1.29 is 33.4 Å². The molecule has 9 rings (SSSR count). The summed E-state index contributed by atoms with van der Waals surface area (Å²) in [5.74, 6) is 8.38. The van der Waals surface area contributed by atoms with Crippen LogP contribution >= 0.6 is 0 Å². The van der Waals surface area contributed by atoms with Crippen molar-refractivity contribution in [3.05, 3.63) is 71.7 Å². The van der Waals surface area contributed by atoms with Crippen LogP contribution in [0.3, 0.4) is 0 Å². The smallest absolute Gasteiger partial charge is 0.407 e. The molecular formula is C44H50N8O7. The van der Waals surface area contributed by atoms with Crippen LogP contribution in [0.25, 0.3) is 22.0 Å². The fourth-order valence-corrected chi connectivity index (χ4v) is 9.65. The van der Waals surface area contributed by atoms with Gasteiger partial charge >= 0.3 is 12.2 Å². The second-order valence-electron chi connectivity index (χ2n) is 17.0. The lowest BCUT2D eigenvalue weighted by Gasteiger charge is -2.35. The van der Waals surface area contributed by atoms with Crippen molar-refractivity contribution in [3.63, 3.8) is 0 Å². The molecule has 3 aliphatic heterocycles. The summed E-state index contributed by atoms with van der Waals surface area (Å²) < 4.78 is 15.2. The van der Waals surface area contributed by atoms with Gasteiger partial charge in [0.25, 0.3) is 0 Å². The molecule has 0 radical (unpaired) electrons. The van der Waals surface area contributed by atoms with E-state index in [4.69, 9.17) is 19.2 Å². The van der Waals surface area contributed by atoms with Gasteiger partial charge in [0.15, 0.2) is 5.78 Å². The number of rotatable bonds is 10. The van der Waals surface area contributed by atoms with Crippen molar-refractivity contribution >= 4 is 34.6 Å². The first-order valence-electron chi connectivity index (χ1n) is 20.6. The van der Waals surface area contributed by atoms with Gasteiger partial charge < -0.3 is 39.7 Å². The Morgan fingerprint density at radius 1 is 0.898 bits per heavy atom. The first-order chi connectivity index (χ1) is 28.5. The molecular weight excluding hydrogens is 753 g/mol. The van der Waals surface area contributed by atoms with Crippen LogP contribution in [0.4, 0.5) is 9.59 Å². The number of methoxy groups -OCH3 is 2. The molecule has 2 aromatic carbocycles. The zero-order valence-electron chi connectivity index (χ0n) is 33.7. The maximum atomic E-state index is 14.2. The minimum atomic E-state index is -0.677. The largest absolute Gasteiger partial charge is 0.453 e. The Morgan fingerprint density at radius 2 is 1.64 bits per heavy atom. The molecule has 5 heterocycles. The molecule has 4 aromatic rings. The lowest BCUT2D eigenvalue weighted by atomic mass is 9.90. The van der Waals surface area contributed by atoms with Gasteiger partial charge in [-0.25, -0.2) is 19.6 Å². The van der Waals surface area contributed by atoms with Gasteiger partial charge in [0.1, 0.15) is 23.4 Å². The van der Waals surface area contributed by atoms with Gasteiger partial charge in [-0.15, -0.1) is 0 Å². The fraction of sp³-hybridized carbons (Fsp3) is 0.500. The Labute approximate surface area is 342 Å². The second kappa shape index (κ2) is 15.5. The number of likely N-dealkylation sites (tertiary alicyclic amines) is 1. The summed E-state index contributed by atoms with van der Waals surface area (Å²) in [5, 5.41) is 11.2. The highest BCUT2D eigenvalue weighted by atomic mass is 16.5. The first-order valence-corrected chi connectivity index (χ1v) is 20.6. The number of H-pyrrole nitrogens is 2. The first kappa shape index (κ1) is 38.8. The van der Waals surface area contributed by atoms with Gasteiger partial charge in [0.2, 0.25) is 5.91 Å². The number of ketones is 1. The number of fused-ring (bicyclic) bond motifs is 3. The third kappa shape index (κ3) is 7.44. The summed E-state index contributed by atoms with van der Waals surface area (Å²) in [5.41, 5.74) is 2.72. The van der Waals surface area contributed by atoms with Crippen molar-refractivity contribution in [3.8, 4) is 23.1 Å². The summed E-state index contributed by atoms with van der Waals surface area (Å²) in [6.45, 7) is 4.95. The van der Waals surface area contributed by atoms with Crippen LogP contribution in [0.2, 0.25) is 0 Å². The van der Waals surface area contributed by atoms with E-state index in [1.807, 2.05) is 31.0 Å². The third-order valence-electron chi connectivity index (χ3n) is 13.1. The van der Waals surface area contributed by atoms with Crippen LogP contribution in [0.1, 0.15) is 87.4 Å². The number of carbonyl (C=O) groups is 4. The number of hydrogen-bond acceptors (Lipinski definition) is 10. The Hall–Kier alpha value is -5.72. The van der Waals surface area contributed by atoms with Crippen molar-refractivity contribution in [2.75, 3.05) is 27.4 Å². The highest BCUT2D eigenvalue weighted by Crippen LogP contribution is 2.56. The fourth-order valence-electron chi connectivity index (χ4n) is 9.65. The zero-order chi connectivity index (χ0) is 41.0. The molecule has 0 bridgehead atoms. The highest BCUT2D eigenvalue weighted by molar-refractivity contribution is 5.98. The maximum absolute atomic E-state index is 14.2. The number of benzene rings is 2. The Bertz CT molecular complexity index is 2360. The number of imidazole rings is 2. The van der Waals surface area contributed by atoms with Crippen LogP contribution < -0.4 is 16.0 Å². The number of Topliss-reactive ketones (excluding diaryl/α,β-unsaturated/α-hetero) is 1. The van der Waals surface area contributed by atoms with E-state index in [9.17, 15) is 19.2 Å². The predicted octanol–water partition coefficient (Wildman–Crippen LogP) is 4.91. The zero-order valence-corrected chi connectivity index (χ0v) is 33.7. The molecule has 5 fully saturated rings. The number of alkyl carbamates (subject to hydrolysis) is 2. The molecule has 59 heavy (non-hydrogen) atoms. The van der Waals surface area contributed by atoms with E-state index >= 15 is 0 Å². The van der Waals surface area contributed by atoms with E-state index in [1.54, 1.807) is 6.20 Å². The maximum Gasteiger partial charge on any atom is 0.407 e. The Balaban J connectivity index is 0.858. The van der Waals surface area contributed by atoms with Crippen molar-refractivity contribution in [2.24, 2.45) is 23.7 Å². The predicted molar refractivity (Wildman–Crippen MR) is 216 cm³/mol. The molecule has 5 N–H and O–H groups in total. The van der Waals surface area contributed by atoms with Crippen molar-refractivity contribution in [1.82, 2.24) is 40.8 Å². The number of carbonyl (C=O) groups excluding carboxylic acids is 4. The molecule has 2 saturated carbocycles. The molecule has 2 aromatic heterocycles. The van der Waals surface area contributed by atoms with Gasteiger partial charge in [-0.05, 0) is 97.1 Å². The number of nitrogens with one attached hydrogen (secondary N) is 5. The molecule has 15 nitrogen and oxygen atoms in total. The third-order valence-corrected chi connectivity index (χ3v) is 13.1. The lowest BCUT2D eigenvalue weighted by Crippen LogP contribution is -2.54. The quantitative estimate of drug-likeness (QED) is 0.138. The van der Waals surface area contributed by atoms with E-state index in [1.165, 1.54) is 14.2 Å². The number of hydrogen-bond donors (Lipinski definition) is 5. The van der Waals surface area contributed by atoms with Gasteiger partial charge in [-0.1, -0.05) is 38.0 Å². The normalized spacial score (nSPS) is 26.6. The number of nitrogens with zero attached hydrogens (tertiary/aromatic N) is 3. The van der Waals surface area contributed by atoms with E-state index in [-0.39, 0.29) is 47.6 Å². The average molecular weight is 803 g/mol.